The molecule has 1 amide bonds. The van der Waals surface area contributed by atoms with Gasteiger partial charge >= 0.3 is 0 Å². The number of nitrogens with zero attached hydrogens (tertiary/aromatic N) is 4. The first-order chi connectivity index (χ1) is 13.1. The van der Waals surface area contributed by atoms with E-state index >= 15 is 0 Å². The lowest BCUT2D eigenvalue weighted by Gasteiger charge is -2.29. The summed E-state index contributed by atoms with van der Waals surface area (Å²) in [6.45, 7) is 10.3. The van der Waals surface area contributed by atoms with Crippen molar-refractivity contribution in [2.24, 2.45) is 10.9 Å². The van der Waals surface area contributed by atoms with Crippen molar-refractivity contribution in [1.82, 2.24) is 20.0 Å². The van der Waals surface area contributed by atoms with Gasteiger partial charge in [-0.3, -0.25) is 4.79 Å². The average molecular weight is 509 g/mol. The number of piperidine rings is 1. The molecule has 0 radical (unpaired) electrons. The molecule has 0 bridgehead atoms. The molecule has 2 rings (SSSR count). The van der Waals surface area contributed by atoms with E-state index in [1.807, 2.05) is 6.92 Å². The first-order valence-corrected chi connectivity index (χ1v) is 10.6. The highest BCUT2D eigenvalue weighted by Crippen LogP contribution is 2.20. The maximum Gasteiger partial charge on any atom is 0.243 e. The number of likely N-dealkylation sites (tertiary alicyclic amines) is 2. The summed E-state index contributed by atoms with van der Waals surface area (Å²) in [6.07, 6.45) is 6.22. The van der Waals surface area contributed by atoms with Crippen LogP contribution < -0.4 is 5.32 Å². The summed E-state index contributed by atoms with van der Waals surface area (Å²) in [4.78, 5) is 23.1. The fourth-order valence-electron chi connectivity index (χ4n) is 3.75. The van der Waals surface area contributed by atoms with E-state index in [1.165, 1.54) is 45.3 Å². The summed E-state index contributed by atoms with van der Waals surface area (Å²) in [6, 6.07) is 0. The van der Waals surface area contributed by atoms with Crippen molar-refractivity contribution in [3.63, 3.8) is 0 Å². The van der Waals surface area contributed by atoms with Gasteiger partial charge < -0.3 is 24.8 Å². The van der Waals surface area contributed by atoms with E-state index in [1.54, 1.807) is 19.0 Å². The molecule has 2 fully saturated rings. The molecule has 1 atom stereocenters. The summed E-state index contributed by atoms with van der Waals surface area (Å²) in [5, 5.41) is 3.45. The molecule has 2 aliphatic heterocycles. The monoisotopic (exact) mass is 509 g/mol. The Labute approximate surface area is 188 Å². The Kier molecular flexibility index (Phi) is 13.1. The second-order valence-electron chi connectivity index (χ2n) is 7.87. The second-order valence-corrected chi connectivity index (χ2v) is 7.87. The number of nitrogens with one attached hydrogen (secondary N) is 1. The maximum atomic E-state index is 12.0. The topological polar surface area (TPSA) is 60.4 Å². The molecule has 0 spiro atoms. The Morgan fingerprint density at radius 3 is 2.64 bits per heavy atom. The van der Waals surface area contributed by atoms with Gasteiger partial charge in [0.25, 0.3) is 0 Å². The van der Waals surface area contributed by atoms with Crippen LogP contribution in [0.1, 0.15) is 39.0 Å². The highest BCUT2D eigenvalue weighted by Gasteiger charge is 2.27. The number of ether oxygens (including phenoxy) is 1. The van der Waals surface area contributed by atoms with Crippen LogP contribution in [0, 0.1) is 5.92 Å². The summed E-state index contributed by atoms with van der Waals surface area (Å²) in [7, 11) is 3.55. The fraction of sp³-hybridized carbons (Fsp3) is 0.900. The highest BCUT2D eigenvalue weighted by molar-refractivity contribution is 14.0. The SMILES string of the molecule is CCOCCCNC(=NCC(=O)N(C)C)N1CCC(CN2CCCCC2)C1.I. The first kappa shape index (κ1) is 25.4. The van der Waals surface area contributed by atoms with Crippen LogP contribution in [0.25, 0.3) is 0 Å². The predicted octanol–water partition coefficient (Wildman–Crippen LogP) is 1.87. The lowest BCUT2D eigenvalue weighted by molar-refractivity contribution is -0.127. The van der Waals surface area contributed by atoms with Crippen molar-refractivity contribution in [3.8, 4) is 0 Å². The van der Waals surface area contributed by atoms with E-state index in [9.17, 15) is 4.79 Å². The lowest BCUT2D eigenvalue weighted by atomic mass is 10.1. The Hall–Kier alpha value is -0.610. The maximum absolute atomic E-state index is 12.0. The third-order valence-corrected chi connectivity index (χ3v) is 5.37. The zero-order valence-corrected chi connectivity index (χ0v) is 20.3. The molecule has 8 heteroatoms. The number of aliphatic imine (C=N–C) groups is 1. The van der Waals surface area contributed by atoms with Gasteiger partial charge in [0, 0.05) is 53.5 Å². The van der Waals surface area contributed by atoms with Crippen molar-refractivity contribution < 1.29 is 9.53 Å². The van der Waals surface area contributed by atoms with E-state index in [0.29, 0.717) is 5.92 Å². The molecule has 0 aromatic carbocycles. The van der Waals surface area contributed by atoms with E-state index in [0.717, 1.165) is 45.2 Å². The largest absolute Gasteiger partial charge is 0.382 e. The van der Waals surface area contributed by atoms with Crippen molar-refractivity contribution in [3.05, 3.63) is 0 Å². The van der Waals surface area contributed by atoms with Crippen molar-refractivity contribution in [2.45, 2.75) is 39.0 Å². The van der Waals surface area contributed by atoms with E-state index in [-0.39, 0.29) is 36.4 Å². The number of amides is 1. The Morgan fingerprint density at radius 1 is 1.21 bits per heavy atom. The number of carbonyl (C=O) groups excluding carboxylic acids is 1. The number of carbonyl (C=O) groups is 1. The minimum atomic E-state index is 0. The first-order valence-electron chi connectivity index (χ1n) is 10.6. The molecule has 0 aromatic rings. The molecule has 7 nitrogen and oxygen atoms in total. The molecule has 1 N–H and O–H groups in total. The van der Waals surface area contributed by atoms with Crippen LogP contribution in [0.3, 0.4) is 0 Å². The van der Waals surface area contributed by atoms with Gasteiger partial charge in [-0.2, -0.15) is 0 Å². The Balaban J connectivity index is 0.00000392. The van der Waals surface area contributed by atoms with E-state index < -0.39 is 0 Å². The van der Waals surface area contributed by atoms with Crippen LogP contribution in [-0.2, 0) is 9.53 Å². The third-order valence-electron chi connectivity index (χ3n) is 5.37. The summed E-state index contributed by atoms with van der Waals surface area (Å²) < 4.78 is 5.41. The van der Waals surface area contributed by atoms with Gasteiger partial charge in [-0.1, -0.05) is 6.42 Å². The molecule has 2 aliphatic rings. The number of guanidine groups is 1. The third kappa shape index (κ3) is 9.26. The van der Waals surface area contributed by atoms with Gasteiger partial charge in [0.1, 0.15) is 6.54 Å². The summed E-state index contributed by atoms with van der Waals surface area (Å²) >= 11 is 0. The molecular weight excluding hydrogens is 469 g/mol. The van der Waals surface area contributed by atoms with Crippen LogP contribution in [0.15, 0.2) is 4.99 Å². The summed E-state index contributed by atoms with van der Waals surface area (Å²) in [5.74, 6) is 1.61. The van der Waals surface area contributed by atoms with E-state index in [2.05, 4.69) is 20.1 Å². The minimum Gasteiger partial charge on any atom is -0.382 e. The minimum absolute atomic E-state index is 0. The van der Waals surface area contributed by atoms with Gasteiger partial charge in [-0.15, -0.1) is 24.0 Å². The second kappa shape index (κ2) is 14.4. The highest BCUT2D eigenvalue weighted by atomic mass is 127. The molecular formula is C20H40IN5O2. The number of hydrogen-bond acceptors (Lipinski definition) is 4. The molecule has 28 heavy (non-hydrogen) atoms. The van der Waals surface area contributed by atoms with Crippen molar-refractivity contribution in [2.75, 3.05) is 73.1 Å². The molecule has 0 saturated carbocycles. The van der Waals surface area contributed by atoms with Crippen LogP contribution in [0.4, 0.5) is 0 Å². The van der Waals surface area contributed by atoms with Crippen LogP contribution in [0.2, 0.25) is 0 Å². The Bertz CT molecular complexity index is 470. The zero-order valence-electron chi connectivity index (χ0n) is 18.0. The normalized spacial score (nSPS) is 20.8. The lowest BCUT2D eigenvalue weighted by Crippen LogP contribution is -2.42. The standard InChI is InChI=1S/C20H39N5O2.HI/c1-4-27-14-8-10-21-20(22-15-19(26)23(2)3)25-13-9-18(17-25)16-24-11-6-5-7-12-24;/h18H,4-17H2,1-3H3,(H,21,22);1H. The number of hydrogen-bond donors (Lipinski definition) is 1. The van der Waals surface area contributed by atoms with E-state index in [4.69, 9.17) is 4.74 Å². The number of halogens is 1. The number of rotatable bonds is 9. The van der Waals surface area contributed by atoms with Crippen molar-refractivity contribution >= 4 is 35.8 Å². The summed E-state index contributed by atoms with van der Waals surface area (Å²) in [5.41, 5.74) is 0. The zero-order chi connectivity index (χ0) is 19.5. The molecule has 2 saturated heterocycles. The Morgan fingerprint density at radius 2 is 1.96 bits per heavy atom. The van der Waals surface area contributed by atoms with Gasteiger partial charge in [-0.05, 0) is 51.6 Å². The van der Waals surface area contributed by atoms with Crippen LogP contribution in [-0.4, -0.2) is 99.7 Å². The average Bonchev–Trinajstić information content (AvgIpc) is 3.12. The van der Waals surface area contributed by atoms with Gasteiger partial charge in [0.15, 0.2) is 5.96 Å². The van der Waals surface area contributed by atoms with Crippen molar-refractivity contribution in [1.29, 1.82) is 0 Å². The quantitative estimate of drug-likeness (QED) is 0.223. The fourth-order valence-corrected chi connectivity index (χ4v) is 3.75. The molecule has 2 heterocycles. The predicted molar refractivity (Wildman–Crippen MR) is 125 cm³/mol. The number of likely N-dealkylation sites (N-methyl/N-ethyl adjacent to an activating group) is 1. The molecule has 164 valence electrons. The molecule has 1 unspecified atom stereocenters. The van der Waals surface area contributed by atoms with Gasteiger partial charge in [0.2, 0.25) is 5.91 Å². The van der Waals surface area contributed by atoms with Crippen LogP contribution >= 0.6 is 24.0 Å². The van der Waals surface area contributed by atoms with Gasteiger partial charge in [0.05, 0.1) is 0 Å². The van der Waals surface area contributed by atoms with Gasteiger partial charge in [-0.25, -0.2) is 4.99 Å². The van der Waals surface area contributed by atoms with Crippen LogP contribution in [0.5, 0.6) is 0 Å². The smallest absolute Gasteiger partial charge is 0.243 e. The molecule has 0 aliphatic carbocycles. The molecule has 0 aromatic heterocycles.